The van der Waals surface area contributed by atoms with Crippen LogP contribution in [0.3, 0.4) is 0 Å². The molecule has 0 saturated carbocycles. The van der Waals surface area contributed by atoms with E-state index in [-0.39, 0.29) is 17.4 Å². The lowest BCUT2D eigenvalue weighted by Gasteiger charge is -1.97. The number of amides is 1. The predicted octanol–water partition coefficient (Wildman–Crippen LogP) is 1.22. The average Bonchev–Trinajstić information content (AvgIpc) is 2.69. The Balaban J connectivity index is 1.99. The van der Waals surface area contributed by atoms with Crippen molar-refractivity contribution in [3.8, 4) is 0 Å². The third kappa shape index (κ3) is 3.89. The molecule has 1 saturated heterocycles. The first-order valence-corrected chi connectivity index (χ1v) is 6.48. The van der Waals surface area contributed by atoms with Crippen LogP contribution in [0.25, 0.3) is 0 Å². The topological polar surface area (TPSA) is 91.1 Å². The van der Waals surface area contributed by atoms with Gasteiger partial charge in [0.25, 0.3) is 0 Å². The molecule has 104 valence electrons. The highest BCUT2D eigenvalue weighted by atomic mass is 32.2. The monoisotopic (exact) mass is 295 g/mol. The molecule has 6 nitrogen and oxygen atoms in total. The average molecular weight is 295 g/mol. The second kappa shape index (κ2) is 6.29. The van der Waals surface area contributed by atoms with Crippen LogP contribution in [0.1, 0.15) is 12.0 Å². The van der Waals surface area contributed by atoms with Gasteiger partial charge in [-0.25, -0.2) is 4.39 Å². The van der Waals surface area contributed by atoms with E-state index < -0.39 is 17.1 Å². The van der Waals surface area contributed by atoms with E-state index in [1.807, 2.05) is 0 Å². The lowest BCUT2D eigenvalue weighted by molar-refractivity contribution is -0.138. The van der Waals surface area contributed by atoms with E-state index >= 15 is 0 Å². The van der Waals surface area contributed by atoms with Crippen molar-refractivity contribution >= 4 is 35.0 Å². The first-order chi connectivity index (χ1) is 9.54. The van der Waals surface area contributed by atoms with Gasteiger partial charge in [-0.05, 0) is 17.7 Å². The Kier molecular flexibility index (Phi) is 4.46. The van der Waals surface area contributed by atoms with Gasteiger partial charge >= 0.3 is 5.97 Å². The van der Waals surface area contributed by atoms with E-state index in [4.69, 9.17) is 5.11 Å². The van der Waals surface area contributed by atoms with Gasteiger partial charge in [0, 0.05) is 0 Å². The molecule has 1 amide bonds. The number of hydrogen-bond acceptors (Lipinski definition) is 5. The molecule has 1 aliphatic rings. The van der Waals surface area contributed by atoms with Gasteiger partial charge in [0.05, 0.1) is 12.6 Å². The van der Waals surface area contributed by atoms with E-state index in [0.717, 1.165) is 11.8 Å². The Morgan fingerprint density at radius 3 is 3.05 bits per heavy atom. The van der Waals surface area contributed by atoms with Crippen LogP contribution in [0.4, 0.5) is 4.39 Å². The predicted molar refractivity (Wildman–Crippen MR) is 73.2 cm³/mol. The van der Waals surface area contributed by atoms with Crippen LogP contribution in [0.5, 0.6) is 0 Å². The molecule has 1 unspecified atom stereocenters. The molecule has 20 heavy (non-hydrogen) atoms. The third-order valence-electron chi connectivity index (χ3n) is 2.34. The minimum atomic E-state index is -1.05. The molecule has 0 aliphatic carbocycles. The second-order valence-electron chi connectivity index (χ2n) is 3.90. The summed E-state index contributed by atoms with van der Waals surface area (Å²) in [6.07, 6.45) is 1.07. The maximum absolute atomic E-state index is 12.9. The van der Waals surface area contributed by atoms with Crippen LogP contribution >= 0.6 is 11.8 Å². The SMILES string of the molecule is O=C(O)CC1S/C(=N/N=C/c2cccc(F)c2)NC1=O. The number of carboxylic acids is 1. The highest BCUT2D eigenvalue weighted by Crippen LogP contribution is 2.22. The summed E-state index contributed by atoms with van der Waals surface area (Å²) < 4.78 is 12.9. The number of aliphatic carboxylic acids is 1. The Labute approximate surface area is 117 Å². The fraction of sp³-hybridized carbons (Fsp3) is 0.167. The molecule has 0 spiro atoms. The molecule has 0 radical (unpaired) electrons. The first kappa shape index (κ1) is 14.2. The van der Waals surface area contributed by atoms with Crippen molar-refractivity contribution in [3.63, 3.8) is 0 Å². The van der Waals surface area contributed by atoms with Crippen LogP contribution in [-0.2, 0) is 9.59 Å². The molecule has 1 aromatic rings. The van der Waals surface area contributed by atoms with E-state index in [1.54, 1.807) is 12.1 Å². The van der Waals surface area contributed by atoms with Crippen molar-refractivity contribution in [1.82, 2.24) is 5.32 Å². The normalized spacial score (nSPS) is 20.6. The first-order valence-electron chi connectivity index (χ1n) is 5.60. The Morgan fingerprint density at radius 2 is 2.35 bits per heavy atom. The maximum Gasteiger partial charge on any atom is 0.305 e. The number of thioether (sulfide) groups is 1. The summed E-state index contributed by atoms with van der Waals surface area (Å²) in [5.41, 5.74) is 0.533. The van der Waals surface area contributed by atoms with Crippen LogP contribution < -0.4 is 5.32 Å². The zero-order valence-electron chi connectivity index (χ0n) is 10.1. The van der Waals surface area contributed by atoms with Crippen molar-refractivity contribution in [2.24, 2.45) is 10.2 Å². The number of nitrogens with one attached hydrogen (secondary N) is 1. The molecule has 1 aliphatic heterocycles. The quantitative estimate of drug-likeness (QED) is 0.645. The summed E-state index contributed by atoms with van der Waals surface area (Å²) in [5.74, 6) is -1.84. The number of hydrogen-bond donors (Lipinski definition) is 2. The molecule has 1 fully saturated rings. The summed E-state index contributed by atoms with van der Waals surface area (Å²) in [7, 11) is 0. The van der Waals surface area contributed by atoms with Crippen molar-refractivity contribution in [2.75, 3.05) is 0 Å². The summed E-state index contributed by atoms with van der Waals surface area (Å²) in [5, 5.41) is 18.1. The highest BCUT2D eigenvalue weighted by molar-refractivity contribution is 8.15. The van der Waals surface area contributed by atoms with Gasteiger partial charge in [-0.2, -0.15) is 5.10 Å². The lowest BCUT2D eigenvalue weighted by atomic mass is 10.2. The van der Waals surface area contributed by atoms with Crippen LogP contribution in [0.2, 0.25) is 0 Å². The van der Waals surface area contributed by atoms with Crippen LogP contribution in [0, 0.1) is 5.82 Å². The number of halogens is 1. The molecule has 2 N–H and O–H groups in total. The Morgan fingerprint density at radius 1 is 1.55 bits per heavy atom. The number of amidine groups is 1. The number of nitrogens with zero attached hydrogens (tertiary/aromatic N) is 2. The van der Waals surface area contributed by atoms with Crippen molar-refractivity contribution in [1.29, 1.82) is 0 Å². The zero-order chi connectivity index (χ0) is 14.5. The fourth-order valence-corrected chi connectivity index (χ4v) is 2.40. The summed E-state index contributed by atoms with van der Waals surface area (Å²) in [6.45, 7) is 0. The minimum absolute atomic E-state index is 0.230. The number of rotatable bonds is 4. The molecular weight excluding hydrogens is 285 g/mol. The number of carboxylic acid groups (broad SMARTS) is 1. The number of carbonyl (C=O) groups excluding carboxylic acids is 1. The van der Waals surface area contributed by atoms with E-state index in [1.165, 1.54) is 18.3 Å². The molecule has 1 atom stereocenters. The Bertz CT molecular complexity index is 603. The van der Waals surface area contributed by atoms with E-state index in [2.05, 4.69) is 15.5 Å². The standard InChI is InChI=1S/C12H10FN3O3S/c13-8-3-1-2-7(4-8)6-14-16-12-15-11(19)9(20-12)5-10(17)18/h1-4,6,9H,5H2,(H,17,18)(H,15,16,19)/b14-6+. The molecule has 0 aromatic heterocycles. The molecule has 1 aromatic carbocycles. The van der Waals surface area contributed by atoms with E-state index in [9.17, 15) is 14.0 Å². The van der Waals surface area contributed by atoms with E-state index in [0.29, 0.717) is 5.56 Å². The largest absolute Gasteiger partial charge is 0.481 e. The van der Waals surface area contributed by atoms with Crippen LogP contribution in [0.15, 0.2) is 34.5 Å². The summed E-state index contributed by atoms with van der Waals surface area (Å²) in [4.78, 5) is 22.0. The van der Waals surface area contributed by atoms with Gasteiger partial charge in [0.1, 0.15) is 11.1 Å². The molecule has 0 bridgehead atoms. The summed E-state index contributed by atoms with van der Waals surface area (Å²) >= 11 is 1.01. The molecule has 8 heteroatoms. The minimum Gasteiger partial charge on any atom is -0.481 e. The smallest absolute Gasteiger partial charge is 0.305 e. The summed E-state index contributed by atoms with van der Waals surface area (Å²) in [6, 6.07) is 5.79. The number of carbonyl (C=O) groups is 2. The fourth-order valence-electron chi connectivity index (χ4n) is 1.48. The van der Waals surface area contributed by atoms with Gasteiger partial charge in [-0.15, -0.1) is 5.10 Å². The van der Waals surface area contributed by atoms with Gasteiger partial charge in [0.2, 0.25) is 5.91 Å². The van der Waals surface area contributed by atoms with Gasteiger partial charge in [-0.1, -0.05) is 23.9 Å². The molecule has 2 rings (SSSR count). The highest BCUT2D eigenvalue weighted by Gasteiger charge is 2.32. The Hall–Kier alpha value is -2.22. The third-order valence-corrected chi connectivity index (χ3v) is 3.41. The lowest BCUT2D eigenvalue weighted by Crippen LogP contribution is -2.26. The number of benzene rings is 1. The van der Waals surface area contributed by atoms with Gasteiger partial charge in [-0.3, -0.25) is 9.59 Å². The zero-order valence-corrected chi connectivity index (χ0v) is 10.9. The van der Waals surface area contributed by atoms with Crippen molar-refractivity contribution in [3.05, 3.63) is 35.6 Å². The van der Waals surface area contributed by atoms with Crippen LogP contribution in [-0.4, -0.2) is 33.6 Å². The van der Waals surface area contributed by atoms with Crippen molar-refractivity contribution in [2.45, 2.75) is 11.7 Å². The van der Waals surface area contributed by atoms with Crippen molar-refractivity contribution < 1.29 is 19.1 Å². The molecular formula is C12H10FN3O3S. The maximum atomic E-state index is 12.9. The molecule has 1 heterocycles. The van der Waals surface area contributed by atoms with Gasteiger partial charge in [0.15, 0.2) is 5.17 Å². The second-order valence-corrected chi connectivity index (χ2v) is 5.09. The van der Waals surface area contributed by atoms with Gasteiger partial charge < -0.3 is 10.4 Å².